The lowest BCUT2D eigenvalue weighted by Gasteiger charge is -2.30. The van der Waals surface area contributed by atoms with Gasteiger partial charge in [0.05, 0.1) is 6.61 Å². The van der Waals surface area contributed by atoms with Crippen molar-refractivity contribution in [2.24, 2.45) is 0 Å². The van der Waals surface area contributed by atoms with Crippen LogP contribution in [-0.2, 0) is 17.3 Å². The Morgan fingerprint density at radius 2 is 1.18 bits per heavy atom. The van der Waals surface area contributed by atoms with Crippen molar-refractivity contribution in [3.63, 3.8) is 0 Å². The minimum absolute atomic E-state index is 0.111. The highest BCUT2D eigenvalue weighted by atomic mass is 16.5. The van der Waals surface area contributed by atoms with Gasteiger partial charge >= 0.3 is 6.01 Å². The van der Waals surface area contributed by atoms with E-state index in [1.807, 2.05) is 0 Å². The molecule has 0 atom stereocenters. The molecule has 1 aromatic carbocycles. The number of nitrogens with zero attached hydrogens (tertiary/aromatic N) is 5. The first kappa shape index (κ1) is 28.4. The van der Waals surface area contributed by atoms with Crippen LogP contribution in [0.3, 0.4) is 0 Å². The van der Waals surface area contributed by atoms with Crippen LogP contribution in [0.4, 0.5) is 11.9 Å². The molecule has 0 radical (unpaired) electrons. The Kier molecular flexibility index (Phi) is 9.04. The quantitative estimate of drug-likeness (QED) is 0.393. The van der Waals surface area contributed by atoms with E-state index in [4.69, 9.17) is 19.7 Å². The number of hydrogen-bond donors (Lipinski definition) is 1. The van der Waals surface area contributed by atoms with Crippen LogP contribution in [0.25, 0.3) is 0 Å². The van der Waals surface area contributed by atoms with Crippen molar-refractivity contribution in [2.45, 2.75) is 110 Å². The van der Waals surface area contributed by atoms with E-state index in [-0.39, 0.29) is 10.8 Å². The molecule has 3 heterocycles. The van der Waals surface area contributed by atoms with Gasteiger partial charge in [-0.1, -0.05) is 53.7 Å². The second-order valence-electron chi connectivity index (χ2n) is 13.2. The molecule has 210 valence electrons. The van der Waals surface area contributed by atoms with E-state index in [0.29, 0.717) is 18.4 Å². The second-order valence-corrected chi connectivity index (χ2v) is 13.2. The van der Waals surface area contributed by atoms with Crippen molar-refractivity contribution >= 4 is 11.9 Å². The van der Waals surface area contributed by atoms with E-state index in [0.717, 1.165) is 68.5 Å². The third kappa shape index (κ3) is 7.29. The van der Waals surface area contributed by atoms with Crippen LogP contribution in [0.15, 0.2) is 12.1 Å². The molecule has 2 aromatic rings. The molecule has 2 saturated heterocycles. The van der Waals surface area contributed by atoms with Gasteiger partial charge < -0.3 is 19.6 Å². The van der Waals surface area contributed by atoms with Gasteiger partial charge in [0.15, 0.2) is 0 Å². The van der Waals surface area contributed by atoms with Crippen LogP contribution in [0, 0.1) is 0 Å². The fourth-order valence-electron chi connectivity index (χ4n) is 5.45. The number of unbranched alkanes of at least 4 members (excludes halogenated alkanes) is 1. The fraction of sp³-hybridized carbons (Fsp3) is 0.710. The van der Waals surface area contributed by atoms with Gasteiger partial charge in [-0.15, -0.1) is 0 Å². The molecule has 0 amide bonds. The third-order valence-corrected chi connectivity index (χ3v) is 7.75. The average Bonchev–Trinajstić information content (AvgIpc) is 2.89. The summed E-state index contributed by atoms with van der Waals surface area (Å²) in [6, 6.07) is 4.83. The molecule has 7 nitrogen and oxygen atoms in total. The van der Waals surface area contributed by atoms with Crippen molar-refractivity contribution in [1.29, 1.82) is 0 Å². The Morgan fingerprint density at radius 1 is 0.711 bits per heavy atom. The molecular weight excluding hydrogens is 474 g/mol. The van der Waals surface area contributed by atoms with Crippen molar-refractivity contribution in [3.8, 4) is 11.8 Å². The van der Waals surface area contributed by atoms with E-state index in [9.17, 15) is 5.11 Å². The Bertz CT molecular complexity index is 990. The van der Waals surface area contributed by atoms with Crippen molar-refractivity contribution in [1.82, 2.24) is 15.0 Å². The summed E-state index contributed by atoms with van der Waals surface area (Å²) in [5.41, 5.74) is 3.10. The summed E-state index contributed by atoms with van der Waals surface area (Å²) in [6.45, 7) is 17.6. The molecule has 38 heavy (non-hydrogen) atoms. The fourth-order valence-corrected chi connectivity index (χ4v) is 5.45. The van der Waals surface area contributed by atoms with Gasteiger partial charge in [-0.25, -0.2) is 0 Å². The van der Waals surface area contributed by atoms with E-state index < -0.39 is 0 Å². The Labute approximate surface area is 230 Å². The molecule has 0 saturated carbocycles. The van der Waals surface area contributed by atoms with Gasteiger partial charge in [-0.3, -0.25) is 0 Å². The van der Waals surface area contributed by atoms with Crippen molar-refractivity contribution in [2.75, 3.05) is 42.6 Å². The molecule has 0 spiro atoms. The van der Waals surface area contributed by atoms with Crippen LogP contribution in [0.5, 0.6) is 11.8 Å². The summed E-state index contributed by atoms with van der Waals surface area (Å²) in [7, 11) is 0. The lowest BCUT2D eigenvalue weighted by molar-refractivity contribution is 0.282. The third-order valence-electron chi connectivity index (χ3n) is 7.75. The Hall–Kier alpha value is -2.57. The van der Waals surface area contributed by atoms with Gasteiger partial charge in [0, 0.05) is 26.2 Å². The topological polar surface area (TPSA) is 74.6 Å². The normalized spacial score (nSPS) is 17.1. The first-order valence-electron chi connectivity index (χ1n) is 14.8. The molecule has 0 bridgehead atoms. The molecule has 0 aliphatic carbocycles. The molecule has 2 fully saturated rings. The highest BCUT2D eigenvalue weighted by Gasteiger charge is 2.26. The number of aromatic nitrogens is 3. The maximum absolute atomic E-state index is 11.0. The minimum Gasteiger partial charge on any atom is -0.507 e. The lowest BCUT2D eigenvalue weighted by Crippen LogP contribution is -2.34. The van der Waals surface area contributed by atoms with Crippen LogP contribution in [0.1, 0.15) is 110 Å². The monoisotopic (exact) mass is 523 g/mol. The van der Waals surface area contributed by atoms with E-state index in [1.165, 1.54) is 44.1 Å². The SMILES string of the molecule is CC(C)(C)c1cc(CCCCOc2nc(N3CCCCC3)nc(N3CCCCC3)n2)cc(C(C)(C)C)c1O. The number of anilines is 2. The van der Waals surface area contributed by atoms with Crippen LogP contribution < -0.4 is 14.5 Å². The summed E-state index contributed by atoms with van der Waals surface area (Å²) < 4.78 is 6.13. The maximum atomic E-state index is 11.0. The summed E-state index contributed by atoms with van der Waals surface area (Å²) in [6.07, 6.45) is 10.2. The molecule has 4 rings (SSSR count). The lowest BCUT2D eigenvalue weighted by atomic mass is 9.78. The van der Waals surface area contributed by atoms with E-state index >= 15 is 0 Å². The number of rotatable bonds is 8. The van der Waals surface area contributed by atoms with Gasteiger partial charge in [0.2, 0.25) is 11.9 Å². The summed E-state index contributed by atoms with van der Waals surface area (Å²) in [4.78, 5) is 18.9. The standard InChI is InChI=1S/C31H49N5O2/c1-30(2,3)24-21-23(22-25(26(24)37)31(4,5)6)15-9-14-20-38-29-33-27(35-16-10-7-11-17-35)32-28(34-29)36-18-12-8-13-19-36/h21-22,37H,7-20H2,1-6H3. The molecule has 7 heteroatoms. The summed E-state index contributed by atoms with van der Waals surface area (Å²) >= 11 is 0. The first-order valence-corrected chi connectivity index (χ1v) is 14.8. The Balaban J connectivity index is 1.41. The zero-order chi connectivity index (χ0) is 27.3. The number of benzene rings is 1. The van der Waals surface area contributed by atoms with E-state index in [1.54, 1.807) is 0 Å². The molecule has 2 aliphatic heterocycles. The molecule has 1 N–H and O–H groups in total. The zero-order valence-electron chi connectivity index (χ0n) is 24.6. The summed E-state index contributed by atoms with van der Waals surface area (Å²) in [5.74, 6) is 1.98. The molecular formula is C31H49N5O2. The largest absolute Gasteiger partial charge is 0.507 e. The number of aromatic hydroxyl groups is 1. The smallest absolute Gasteiger partial charge is 0.323 e. The number of ether oxygens (including phenoxy) is 1. The van der Waals surface area contributed by atoms with Crippen molar-refractivity contribution < 1.29 is 9.84 Å². The number of hydrogen-bond acceptors (Lipinski definition) is 7. The molecule has 0 unspecified atom stereocenters. The van der Waals surface area contributed by atoms with E-state index in [2.05, 4.69) is 63.5 Å². The number of phenols is 1. The average molecular weight is 524 g/mol. The first-order chi connectivity index (χ1) is 18.0. The van der Waals surface area contributed by atoms with Gasteiger partial charge in [-0.05, 0) is 85.3 Å². The predicted octanol–water partition coefficient (Wildman–Crippen LogP) is 6.55. The minimum atomic E-state index is -0.111. The Morgan fingerprint density at radius 3 is 1.63 bits per heavy atom. The van der Waals surface area contributed by atoms with Crippen LogP contribution in [0.2, 0.25) is 0 Å². The predicted molar refractivity (Wildman–Crippen MR) is 156 cm³/mol. The number of phenolic OH excluding ortho intramolecular Hbond substituents is 1. The molecule has 2 aliphatic rings. The number of piperidine rings is 2. The summed E-state index contributed by atoms with van der Waals surface area (Å²) in [5, 5.41) is 11.0. The van der Waals surface area contributed by atoms with Gasteiger partial charge in [0.25, 0.3) is 0 Å². The maximum Gasteiger partial charge on any atom is 0.323 e. The number of aryl methyl sites for hydroxylation is 1. The molecule has 1 aromatic heterocycles. The highest BCUT2D eigenvalue weighted by molar-refractivity contribution is 5.50. The van der Waals surface area contributed by atoms with Crippen LogP contribution >= 0.6 is 0 Å². The zero-order valence-corrected chi connectivity index (χ0v) is 24.6. The van der Waals surface area contributed by atoms with Crippen molar-refractivity contribution in [3.05, 3.63) is 28.8 Å². The van der Waals surface area contributed by atoms with Gasteiger partial charge in [-0.2, -0.15) is 15.0 Å². The van der Waals surface area contributed by atoms with Gasteiger partial charge in [0.1, 0.15) is 5.75 Å². The second kappa shape index (κ2) is 12.1. The van der Waals surface area contributed by atoms with Crippen LogP contribution in [-0.4, -0.2) is 52.8 Å². The highest BCUT2D eigenvalue weighted by Crippen LogP contribution is 2.40.